The van der Waals surface area contributed by atoms with Gasteiger partial charge in [-0.05, 0) is 55.8 Å². The number of benzene rings is 1. The Morgan fingerprint density at radius 3 is 2.95 bits per heavy atom. The number of hydrogen-bond donors (Lipinski definition) is 2. The van der Waals surface area contributed by atoms with Crippen LogP contribution in [0.4, 0.5) is 5.69 Å². The minimum Gasteiger partial charge on any atom is -0.325 e. The molecule has 2 atom stereocenters. The Hall–Kier alpha value is -1.06. The van der Waals surface area contributed by atoms with Crippen molar-refractivity contribution in [2.24, 2.45) is 11.8 Å². The molecule has 2 N–H and O–H groups in total. The summed E-state index contributed by atoms with van der Waals surface area (Å²) < 4.78 is 0. The summed E-state index contributed by atoms with van der Waals surface area (Å²) in [4.78, 5) is 12.0. The van der Waals surface area contributed by atoms with E-state index in [1.165, 1.54) is 25.7 Å². The van der Waals surface area contributed by atoms with E-state index in [-0.39, 0.29) is 5.91 Å². The summed E-state index contributed by atoms with van der Waals surface area (Å²) in [7, 11) is 0. The van der Waals surface area contributed by atoms with E-state index in [4.69, 9.17) is 11.6 Å². The number of amides is 1. The number of aryl methyl sites for hydroxylation is 1. The van der Waals surface area contributed by atoms with Gasteiger partial charge >= 0.3 is 0 Å². The first-order valence-electron chi connectivity index (χ1n) is 7.81. The monoisotopic (exact) mass is 308 g/mol. The number of anilines is 1. The van der Waals surface area contributed by atoms with E-state index in [2.05, 4.69) is 17.6 Å². The van der Waals surface area contributed by atoms with Gasteiger partial charge < -0.3 is 10.6 Å². The van der Waals surface area contributed by atoms with E-state index < -0.39 is 0 Å². The van der Waals surface area contributed by atoms with Gasteiger partial charge in [-0.3, -0.25) is 4.79 Å². The third-order valence-corrected chi connectivity index (χ3v) is 4.47. The highest BCUT2D eigenvalue weighted by Gasteiger charge is 2.18. The lowest BCUT2D eigenvalue weighted by Gasteiger charge is -2.26. The molecular formula is C17H25ClN2O. The lowest BCUT2D eigenvalue weighted by molar-refractivity contribution is -0.115. The molecule has 116 valence electrons. The summed E-state index contributed by atoms with van der Waals surface area (Å²) >= 11 is 5.95. The molecule has 1 amide bonds. The maximum absolute atomic E-state index is 12.0. The molecule has 1 fully saturated rings. The molecule has 1 saturated carbocycles. The van der Waals surface area contributed by atoms with Crippen LogP contribution in [-0.4, -0.2) is 19.0 Å². The Kier molecular flexibility index (Phi) is 6.07. The summed E-state index contributed by atoms with van der Waals surface area (Å²) in [5.74, 6) is 1.53. The predicted octanol–water partition coefficient (Wildman–Crippen LogP) is 4.00. The van der Waals surface area contributed by atoms with Gasteiger partial charge in [0.1, 0.15) is 0 Å². The van der Waals surface area contributed by atoms with E-state index in [0.717, 1.165) is 29.6 Å². The largest absolute Gasteiger partial charge is 0.325 e. The van der Waals surface area contributed by atoms with Crippen LogP contribution in [0.5, 0.6) is 0 Å². The number of nitrogens with one attached hydrogen (secondary N) is 2. The standard InChI is InChI=1S/C17H25ClN2O/c1-12-4-3-5-14(8-12)10-19-11-17(21)20-16-9-15(18)7-6-13(16)2/h6-7,9,12,14,19H,3-5,8,10-11H2,1-2H3,(H,20,21). The Bertz CT molecular complexity index is 490. The Labute approximate surface area is 132 Å². The van der Waals surface area contributed by atoms with Crippen molar-refractivity contribution in [1.82, 2.24) is 5.32 Å². The van der Waals surface area contributed by atoms with Crippen LogP contribution >= 0.6 is 11.6 Å². The first kappa shape index (κ1) is 16.3. The summed E-state index contributed by atoms with van der Waals surface area (Å²) in [6.07, 6.45) is 5.24. The van der Waals surface area contributed by atoms with Gasteiger partial charge in [-0.25, -0.2) is 0 Å². The van der Waals surface area contributed by atoms with Crippen LogP contribution in [0, 0.1) is 18.8 Å². The SMILES string of the molecule is Cc1ccc(Cl)cc1NC(=O)CNCC1CCCC(C)C1. The zero-order chi connectivity index (χ0) is 15.2. The van der Waals surface area contributed by atoms with E-state index in [9.17, 15) is 4.79 Å². The number of hydrogen-bond acceptors (Lipinski definition) is 2. The number of rotatable bonds is 5. The van der Waals surface area contributed by atoms with Crippen molar-refractivity contribution in [2.45, 2.75) is 39.5 Å². The quantitative estimate of drug-likeness (QED) is 0.863. The zero-order valence-corrected chi connectivity index (χ0v) is 13.7. The molecule has 2 rings (SSSR count). The van der Waals surface area contributed by atoms with Crippen molar-refractivity contribution in [1.29, 1.82) is 0 Å². The van der Waals surface area contributed by atoms with Gasteiger partial charge in [-0.2, -0.15) is 0 Å². The van der Waals surface area contributed by atoms with Crippen LogP contribution in [0.25, 0.3) is 0 Å². The lowest BCUT2D eigenvalue weighted by Crippen LogP contribution is -2.33. The summed E-state index contributed by atoms with van der Waals surface area (Å²) in [6.45, 7) is 5.58. The molecule has 3 nitrogen and oxygen atoms in total. The van der Waals surface area contributed by atoms with Gasteiger partial charge in [0, 0.05) is 10.7 Å². The summed E-state index contributed by atoms with van der Waals surface area (Å²) in [5.41, 5.74) is 1.81. The first-order valence-corrected chi connectivity index (χ1v) is 8.19. The topological polar surface area (TPSA) is 41.1 Å². The highest BCUT2D eigenvalue weighted by molar-refractivity contribution is 6.31. The van der Waals surface area contributed by atoms with Crippen LogP contribution < -0.4 is 10.6 Å². The second-order valence-corrected chi connectivity index (χ2v) is 6.71. The number of halogens is 1. The van der Waals surface area contributed by atoms with Gasteiger partial charge in [-0.1, -0.05) is 37.4 Å². The highest BCUT2D eigenvalue weighted by Crippen LogP contribution is 2.27. The molecule has 0 heterocycles. The van der Waals surface area contributed by atoms with Crippen LogP contribution in [0.3, 0.4) is 0 Å². The summed E-state index contributed by atoms with van der Waals surface area (Å²) in [5, 5.41) is 6.84. The van der Waals surface area contributed by atoms with Gasteiger partial charge in [0.25, 0.3) is 0 Å². The van der Waals surface area contributed by atoms with Gasteiger partial charge in [0.2, 0.25) is 5.91 Å². The van der Waals surface area contributed by atoms with Crippen molar-refractivity contribution in [3.8, 4) is 0 Å². The summed E-state index contributed by atoms with van der Waals surface area (Å²) in [6, 6.07) is 5.53. The van der Waals surface area contributed by atoms with Crippen molar-refractivity contribution in [3.63, 3.8) is 0 Å². The second-order valence-electron chi connectivity index (χ2n) is 6.28. The molecule has 0 bridgehead atoms. The fraction of sp³-hybridized carbons (Fsp3) is 0.588. The maximum Gasteiger partial charge on any atom is 0.238 e. The minimum atomic E-state index is -0.00998. The average Bonchev–Trinajstić information content (AvgIpc) is 2.43. The van der Waals surface area contributed by atoms with E-state index in [0.29, 0.717) is 11.6 Å². The van der Waals surface area contributed by atoms with Crippen LogP contribution in [0.1, 0.15) is 38.2 Å². The van der Waals surface area contributed by atoms with E-state index in [1.807, 2.05) is 19.1 Å². The normalized spacial score (nSPS) is 22.0. The molecule has 1 aliphatic carbocycles. The molecular weight excluding hydrogens is 284 g/mol. The highest BCUT2D eigenvalue weighted by atomic mass is 35.5. The molecule has 1 aromatic carbocycles. The zero-order valence-electron chi connectivity index (χ0n) is 12.9. The Morgan fingerprint density at radius 1 is 1.38 bits per heavy atom. The third kappa shape index (κ3) is 5.33. The molecule has 2 unspecified atom stereocenters. The Balaban J connectivity index is 1.73. The van der Waals surface area contributed by atoms with Crippen LogP contribution in [-0.2, 0) is 4.79 Å². The van der Waals surface area contributed by atoms with Gasteiger partial charge in [0.15, 0.2) is 0 Å². The maximum atomic E-state index is 12.0. The van der Waals surface area contributed by atoms with Crippen molar-refractivity contribution in [2.75, 3.05) is 18.4 Å². The molecule has 0 radical (unpaired) electrons. The Morgan fingerprint density at radius 2 is 2.19 bits per heavy atom. The van der Waals surface area contributed by atoms with Crippen molar-refractivity contribution >= 4 is 23.2 Å². The number of carbonyl (C=O) groups excluding carboxylic acids is 1. The fourth-order valence-corrected chi connectivity index (χ4v) is 3.23. The predicted molar refractivity (Wildman–Crippen MR) is 88.8 cm³/mol. The second kappa shape index (κ2) is 7.81. The van der Waals surface area contributed by atoms with Crippen LogP contribution in [0.2, 0.25) is 5.02 Å². The molecule has 21 heavy (non-hydrogen) atoms. The van der Waals surface area contributed by atoms with E-state index in [1.54, 1.807) is 6.07 Å². The third-order valence-electron chi connectivity index (χ3n) is 4.24. The molecule has 1 aromatic rings. The van der Waals surface area contributed by atoms with Crippen molar-refractivity contribution < 1.29 is 4.79 Å². The first-order chi connectivity index (χ1) is 10.0. The molecule has 1 aliphatic rings. The molecule has 0 saturated heterocycles. The van der Waals surface area contributed by atoms with Gasteiger partial charge in [-0.15, -0.1) is 0 Å². The molecule has 4 heteroatoms. The molecule has 0 aliphatic heterocycles. The lowest BCUT2D eigenvalue weighted by atomic mass is 9.82. The minimum absolute atomic E-state index is 0.00998. The van der Waals surface area contributed by atoms with Gasteiger partial charge in [0.05, 0.1) is 6.54 Å². The van der Waals surface area contributed by atoms with Crippen LogP contribution in [0.15, 0.2) is 18.2 Å². The molecule has 0 aromatic heterocycles. The fourth-order valence-electron chi connectivity index (χ4n) is 3.06. The van der Waals surface area contributed by atoms with E-state index >= 15 is 0 Å². The number of carbonyl (C=O) groups is 1. The smallest absolute Gasteiger partial charge is 0.238 e. The average molecular weight is 309 g/mol. The van der Waals surface area contributed by atoms with Crippen molar-refractivity contribution in [3.05, 3.63) is 28.8 Å². The molecule has 0 spiro atoms.